The molecular formula is C14H19BrN2S2. The molecule has 0 saturated carbocycles. The van der Waals surface area contributed by atoms with Crippen molar-refractivity contribution in [2.45, 2.75) is 45.7 Å². The minimum absolute atomic E-state index is 0.203. The van der Waals surface area contributed by atoms with E-state index in [1.54, 1.807) is 22.7 Å². The van der Waals surface area contributed by atoms with Crippen molar-refractivity contribution < 1.29 is 0 Å². The molecule has 2 heterocycles. The number of thiophene rings is 1. The summed E-state index contributed by atoms with van der Waals surface area (Å²) in [6.07, 6.45) is 0. The highest BCUT2D eigenvalue weighted by Gasteiger charge is 2.20. The first kappa shape index (κ1) is 15.2. The zero-order chi connectivity index (χ0) is 14.0. The molecule has 0 amide bonds. The maximum Gasteiger partial charge on any atom is 0.115 e. The average Bonchev–Trinajstić information content (AvgIpc) is 2.94. The van der Waals surface area contributed by atoms with Gasteiger partial charge >= 0.3 is 0 Å². The normalized spacial score (nSPS) is 13.4. The van der Waals surface area contributed by atoms with Gasteiger partial charge in [-0.2, -0.15) is 0 Å². The lowest BCUT2D eigenvalue weighted by Crippen LogP contribution is -2.28. The topological polar surface area (TPSA) is 24.9 Å². The fourth-order valence-electron chi connectivity index (χ4n) is 1.79. The second-order valence-corrected chi connectivity index (χ2v) is 8.55. The van der Waals surface area contributed by atoms with Crippen LogP contribution in [0.1, 0.15) is 55.2 Å². The molecule has 0 aliphatic heterocycles. The van der Waals surface area contributed by atoms with E-state index in [0.717, 1.165) is 5.01 Å². The summed E-state index contributed by atoms with van der Waals surface area (Å²) in [7, 11) is 0. The van der Waals surface area contributed by atoms with Crippen molar-refractivity contribution in [1.82, 2.24) is 10.3 Å². The van der Waals surface area contributed by atoms with Gasteiger partial charge in [-0.3, -0.25) is 0 Å². The SMILES string of the molecule is CC(C)NC(c1ccc(Br)s1)c1nc(C(C)C)cs1. The van der Waals surface area contributed by atoms with Crippen molar-refractivity contribution in [3.8, 4) is 0 Å². The Kier molecular flexibility index (Phi) is 5.17. The van der Waals surface area contributed by atoms with Crippen LogP contribution in [0.15, 0.2) is 21.3 Å². The van der Waals surface area contributed by atoms with E-state index < -0.39 is 0 Å². The molecule has 0 aliphatic carbocycles. The van der Waals surface area contributed by atoms with Crippen LogP contribution in [0, 0.1) is 0 Å². The Bertz CT molecular complexity index is 531. The third kappa shape index (κ3) is 3.88. The van der Waals surface area contributed by atoms with Crippen LogP contribution < -0.4 is 5.32 Å². The van der Waals surface area contributed by atoms with E-state index in [0.29, 0.717) is 12.0 Å². The predicted molar refractivity (Wildman–Crippen MR) is 88.3 cm³/mol. The van der Waals surface area contributed by atoms with Crippen molar-refractivity contribution in [3.63, 3.8) is 0 Å². The van der Waals surface area contributed by atoms with Gasteiger partial charge in [0.15, 0.2) is 0 Å². The first-order valence-electron chi connectivity index (χ1n) is 6.44. The molecule has 1 unspecified atom stereocenters. The van der Waals surface area contributed by atoms with E-state index in [1.165, 1.54) is 14.4 Å². The molecule has 0 aliphatic rings. The van der Waals surface area contributed by atoms with Crippen LogP contribution in [0.3, 0.4) is 0 Å². The first-order valence-corrected chi connectivity index (χ1v) is 8.93. The van der Waals surface area contributed by atoms with Crippen LogP contribution >= 0.6 is 38.6 Å². The number of hydrogen-bond acceptors (Lipinski definition) is 4. The highest BCUT2D eigenvalue weighted by atomic mass is 79.9. The monoisotopic (exact) mass is 358 g/mol. The van der Waals surface area contributed by atoms with Gasteiger partial charge in [0.05, 0.1) is 15.5 Å². The van der Waals surface area contributed by atoms with Gasteiger partial charge in [0.2, 0.25) is 0 Å². The maximum atomic E-state index is 4.80. The molecule has 0 radical (unpaired) electrons. The van der Waals surface area contributed by atoms with E-state index in [-0.39, 0.29) is 6.04 Å². The molecule has 104 valence electrons. The second-order valence-electron chi connectivity index (χ2n) is 5.16. The highest BCUT2D eigenvalue weighted by Crippen LogP contribution is 2.33. The Balaban J connectivity index is 2.31. The summed E-state index contributed by atoms with van der Waals surface area (Å²) in [6, 6.07) is 4.91. The number of thiazole rings is 1. The summed E-state index contributed by atoms with van der Waals surface area (Å²) in [6.45, 7) is 8.72. The second kappa shape index (κ2) is 6.48. The van der Waals surface area contributed by atoms with Crippen LogP contribution in [-0.4, -0.2) is 11.0 Å². The summed E-state index contributed by atoms with van der Waals surface area (Å²) in [5.74, 6) is 0.486. The standard InChI is InChI=1S/C14H19BrN2S2/c1-8(2)10-7-18-14(17-10)13(16-9(3)4)11-5-6-12(15)19-11/h5-9,13,16H,1-4H3. The first-order chi connectivity index (χ1) is 8.97. The smallest absolute Gasteiger partial charge is 0.115 e. The molecule has 1 atom stereocenters. The third-order valence-electron chi connectivity index (χ3n) is 2.76. The van der Waals surface area contributed by atoms with Crippen molar-refractivity contribution in [2.75, 3.05) is 0 Å². The van der Waals surface area contributed by atoms with E-state index in [4.69, 9.17) is 4.98 Å². The maximum absolute atomic E-state index is 4.80. The molecule has 2 rings (SSSR count). The molecule has 19 heavy (non-hydrogen) atoms. The molecule has 2 aromatic heterocycles. The van der Waals surface area contributed by atoms with Gasteiger partial charge in [-0.15, -0.1) is 22.7 Å². The van der Waals surface area contributed by atoms with Crippen molar-refractivity contribution in [2.24, 2.45) is 0 Å². The van der Waals surface area contributed by atoms with Gasteiger partial charge in [0.25, 0.3) is 0 Å². The largest absolute Gasteiger partial charge is 0.301 e. The van der Waals surface area contributed by atoms with Crippen molar-refractivity contribution in [3.05, 3.63) is 36.9 Å². The van der Waals surface area contributed by atoms with Crippen LogP contribution in [0.2, 0.25) is 0 Å². The molecule has 0 fully saturated rings. The van der Waals surface area contributed by atoms with Gasteiger partial charge in [-0.05, 0) is 47.8 Å². The summed E-state index contributed by atoms with van der Waals surface area (Å²) >= 11 is 7.06. The van der Waals surface area contributed by atoms with Gasteiger partial charge in [-0.1, -0.05) is 13.8 Å². The summed E-state index contributed by atoms with van der Waals surface area (Å²) < 4.78 is 1.17. The number of halogens is 1. The van der Waals surface area contributed by atoms with E-state index in [1.807, 2.05) is 0 Å². The Labute approximate surface area is 131 Å². The van der Waals surface area contributed by atoms with Crippen molar-refractivity contribution in [1.29, 1.82) is 0 Å². The van der Waals surface area contributed by atoms with Gasteiger partial charge in [-0.25, -0.2) is 4.98 Å². The minimum Gasteiger partial charge on any atom is -0.301 e. The molecule has 0 bridgehead atoms. The fraction of sp³-hybridized carbons (Fsp3) is 0.500. The quantitative estimate of drug-likeness (QED) is 0.796. The van der Waals surface area contributed by atoms with Crippen LogP contribution in [0.25, 0.3) is 0 Å². The molecule has 2 nitrogen and oxygen atoms in total. The number of aromatic nitrogens is 1. The summed E-state index contributed by atoms with van der Waals surface area (Å²) in [4.78, 5) is 6.11. The van der Waals surface area contributed by atoms with Crippen LogP contribution in [0.4, 0.5) is 0 Å². The summed E-state index contributed by atoms with van der Waals surface area (Å²) in [5.41, 5.74) is 1.19. The van der Waals surface area contributed by atoms with E-state index >= 15 is 0 Å². The Morgan fingerprint density at radius 1 is 1.21 bits per heavy atom. The molecule has 0 aromatic carbocycles. The van der Waals surface area contributed by atoms with Crippen molar-refractivity contribution >= 4 is 38.6 Å². The number of rotatable bonds is 5. The lowest BCUT2D eigenvalue weighted by molar-refractivity contribution is 0.531. The predicted octanol–water partition coefficient (Wildman–Crippen LogP) is 5.18. The Hall–Kier alpha value is -0.230. The molecule has 2 aromatic rings. The fourth-order valence-corrected chi connectivity index (χ4v) is 4.41. The molecule has 1 N–H and O–H groups in total. The average molecular weight is 359 g/mol. The van der Waals surface area contributed by atoms with E-state index in [2.05, 4.69) is 66.5 Å². The zero-order valence-electron chi connectivity index (χ0n) is 11.6. The highest BCUT2D eigenvalue weighted by molar-refractivity contribution is 9.11. The Morgan fingerprint density at radius 2 is 1.95 bits per heavy atom. The zero-order valence-corrected chi connectivity index (χ0v) is 14.8. The Morgan fingerprint density at radius 3 is 2.42 bits per heavy atom. The van der Waals surface area contributed by atoms with Gasteiger partial charge in [0, 0.05) is 16.3 Å². The molecule has 5 heteroatoms. The lowest BCUT2D eigenvalue weighted by atomic mass is 10.1. The third-order valence-corrected chi connectivity index (χ3v) is 5.37. The van der Waals surface area contributed by atoms with Gasteiger partial charge in [0.1, 0.15) is 5.01 Å². The number of hydrogen-bond donors (Lipinski definition) is 1. The number of nitrogens with one attached hydrogen (secondary N) is 1. The molecule has 0 spiro atoms. The van der Waals surface area contributed by atoms with Gasteiger partial charge < -0.3 is 5.32 Å². The summed E-state index contributed by atoms with van der Waals surface area (Å²) in [5, 5.41) is 6.95. The van der Waals surface area contributed by atoms with Crippen LogP contribution in [0.5, 0.6) is 0 Å². The minimum atomic E-state index is 0.203. The lowest BCUT2D eigenvalue weighted by Gasteiger charge is -2.18. The molecular weight excluding hydrogens is 340 g/mol. The molecule has 0 saturated heterocycles. The van der Waals surface area contributed by atoms with E-state index in [9.17, 15) is 0 Å². The van der Waals surface area contributed by atoms with Crippen LogP contribution in [-0.2, 0) is 0 Å². The number of nitrogens with zero attached hydrogens (tertiary/aromatic N) is 1.